The molecule has 1 fully saturated rings. The van der Waals surface area contributed by atoms with E-state index in [1.165, 1.54) is 19.3 Å². The first kappa shape index (κ1) is 16.3. The van der Waals surface area contributed by atoms with E-state index in [4.69, 9.17) is 0 Å². The smallest absolute Gasteiger partial charge is 0.0963 e. The quantitative estimate of drug-likeness (QED) is 0.824. The van der Waals surface area contributed by atoms with E-state index in [9.17, 15) is 0 Å². The predicted octanol–water partition coefficient (Wildman–Crippen LogP) is 4.74. The van der Waals surface area contributed by atoms with E-state index in [1.54, 1.807) is 0 Å². The molecule has 3 atom stereocenters. The summed E-state index contributed by atoms with van der Waals surface area (Å²) >= 11 is 5.40. The third-order valence-electron chi connectivity index (χ3n) is 4.21. The number of thioether (sulfide) groups is 1. The number of pyridine rings is 1. The molecule has 1 saturated carbocycles. The fourth-order valence-corrected chi connectivity index (χ4v) is 4.52. The average Bonchev–Trinajstić information content (AvgIpc) is 2.43. The van der Waals surface area contributed by atoms with Gasteiger partial charge in [0.05, 0.1) is 5.03 Å². The van der Waals surface area contributed by atoms with E-state index in [-0.39, 0.29) is 0 Å². The molecule has 0 radical (unpaired) electrons. The molecule has 1 aliphatic rings. The lowest BCUT2D eigenvalue weighted by molar-refractivity contribution is 0.247. The summed E-state index contributed by atoms with van der Waals surface area (Å²) in [5.74, 6) is 1.65. The van der Waals surface area contributed by atoms with Crippen molar-refractivity contribution < 1.29 is 0 Å². The van der Waals surface area contributed by atoms with Crippen molar-refractivity contribution >= 4 is 27.7 Å². The van der Waals surface area contributed by atoms with Crippen LogP contribution < -0.4 is 5.32 Å². The van der Waals surface area contributed by atoms with Gasteiger partial charge in [-0.3, -0.25) is 0 Å². The third-order valence-corrected chi connectivity index (χ3v) is 5.99. The third kappa shape index (κ3) is 4.47. The Hall–Kier alpha value is -0.0600. The van der Waals surface area contributed by atoms with Gasteiger partial charge in [0.15, 0.2) is 0 Å². The van der Waals surface area contributed by atoms with E-state index in [1.807, 2.05) is 18.0 Å². The maximum Gasteiger partial charge on any atom is 0.0963 e. The van der Waals surface area contributed by atoms with Crippen molar-refractivity contribution in [3.05, 3.63) is 22.8 Å². The summed E-state index contributed by atoms with van der Waals surface area (Å²) in [4.78, 5) is 4.53. The first-order chi connectivity index (χ1) is 9.60. The molecule has 1 aromatic heterocycles. The molecule has 0 saturated heterocycles. The van der Waals surface area contributed by atoms with Crippen LogP contribution in [-0.2, 0) is 0 Å². The Morgan fingerprint density at radius 3 is 2.80 bits per heavy atom. The fraction of sp³-hybridized carbons (Fsp3) is 0.688. The maximum atomic E-state index is 4.53. The molecule has 20 heavy (non-hydrogen) atoms. The molecule has 1 N–H and O–H groups in total. The second kappa shape index (κ2) is 7.81. The number of nitrogens with one attached hydrogen (secondary N) is 1. The van der Waals surface area contributed by atoms with E-state index < -0.39 is 0 Å². The average molecular weight is 357 g/mol. The molecule has 1 aromatic rings. The molecular formula is C16H25BrN2S. The van der Waals surface area contributed by atoms with Crippen molar-refractivity contribution in [3.63, 3.8) is 0 Å². The normalized spacial score (nSPS) is 26.9. The number of hydrogen-bond acceptors (Lipinski definition) is 3. The van der Waals surface area contributed by atoms with Gasteiger partial charge in [-0.1, -0.05) is 20.8 Å². The van der Waals surface area contributed by atoms with Crippen molar-refractivity contribution in [2.24, 2.45) is 11.8 Å². The number of aromatic nitrogens is 1. The molecule has 3 unspecified atom stereocenters. The van der Waals surface area contributed by atoms with E-state index in [2.05, 4.69) is 59.1 Å². The summed E-state index contributed by atoms with van der Waals surface area (Å²) in [6.07, 6.45) is 5.86. The molecule has 0 aromatic carbocycles. The van der Waals surface area contributed by atoms with Gasteiger partial charge < -0.3 is 5.32 Å². The molecule has 0 aliphatic heterocycles. The van der Waals surface area contributed by atoms with Crippen LogP contribution in [0.4, 0.5) is 0 Å². The Bertz CT molecular complexity index is 407. The first-order valence-corrected chi connectivity index (χ1v) is 9.29. The van der Waals surface area contributed by atoms with Crippen LogP contribution in [0, 0.1) is 11.8 Å². The zero-order valence-corrected chi connectivity index (χ0v) is 15.0. The second-order valence-corrected chi connectivity index (χ2v) is 8.13. The highest BCUT2D eigenvalue weighted by atomic mass is 79.9. The number of halogens is 1. The van der Waals surface area contributed by atoms with Crippen LogP contribution in [0.25, 0.3) is 0 Å². The van der Waals surface area contributed by atoms with Gasteiger partial charge in [-0.2, -0.15) is 0 Å². The van der Waals surface area contributed by atoms with Crippen LogP contribution in [0.1, 0.15) is 40.0 Å². The highest BCUT2D eigenvalue weighted by Crippen LogP contribution is 2.38. The molecule has 4 heteroatoms. The summed E-state index contributed by atoms with van der Waals surface area (Å²) in [7, 11) is 0. The minimum Gasteiger partial charge on any atom is -0.313 e. The Balaban J connectivity index is 2.04. The Kier molecular flexibility index (Phi) is 6.37. The van der Waals surface area contributed by atoms with Crippen LogP contribution in [-0.4, -0.2) is 22.8 Å². The number of rotatable bonds is 5. The zero-order valence-electron chi connectivity index (χ0n) is 12.6. The van der Waals surface area contributed by atoms with E-state index in [0.29, 0.717) is 11.3 Å². The van der Waals surface area contributed by atoms with Gasteiger partial charge in [0, 0.05) is 22.0 Å². The van der Waals surface area contributed by atoms with Crippen LogP contribution in [0.5, 0.6) is 0 Å². The summed E-state index contributed by atoms with van der Waals surface area (Å²) in [6, 6.07) is 4.84. The SMILES string of the molecule is CCNC1CCC(C(C)C)CC1Sc1ccc(Br)cn1. The standard InChI is InChI=1S/C16H25BrN2S/c1-4-18-14-7-5-12(11(2)3)9-15(14)20-16-8-6-13(17)10-19-16/h6,8,10-12,14-15,18H,4-5,7,9H2,1-3H3. The van der Waals surface area contributed by atoms with Crippen molar-refractivity contribution in [2.75, 3.05) is 6.54 Å². The lowest BCUT2D eigenvalue weighted by atomic mass is 9.79. The monoisotopic (exact) mass is 356 g/mol. The van der Waals surface area contributed by atoms with Gasteiger partial charge in [0.1, 0.15) is 0 Å². The lowest BCUT2D eigenvalue weighted by Crippen LogP contribution is -2.43. The van der Waals surface area contributed by atoms with Gasteiger partial charge in [-0.05, 0) is 65.7 Å². The topological polar surface area (TPSA) is 24.9 Å². The maximum absolute atomic E-state index is 4.53. The van der Waals surface area contributed by atoms with Crippen LogP contribution in [0.15, 0.2) is 27.8 Å². The second-order valence-electron chi connectivity index (χ2n) is 5.95. The Labute approximate surface area is 135 Å². The summed E-state index contributed by atoms with van der Waals surface area (Å²) < 4.78 is 1.05. The van der Waals surface area contributed by atoms with Crippen LogP contribution >= 0.6 is 27.7 Å². The highest BCUT2D eigenvalue weighted by Gasteiger charge is 2.32. The van der Waals surface area contributed by atoms with E-state index in [0.717, 1.165) is 27.9 Å². The Morgan fingerprint density at radius 1 is 1.40 bits per heavy atom. The van der Waals surface area contributed by atoms with Gasteiger partial charge >= 0.3 is 0 Å². The minimum atomic E-state index is 0.630. The van der Waals surface area contributed by atoms with Crippen molar-refractivity contribution in [1.29, 1.82) is 0 Å². The van der Waals surface area contributed by atoms with Crippen molar-refractivity contribution in [2.45, 2.75) is 56.4 Å². The molecule has 1 aliphatic carbocycles. The molecule has 0 bridgehead atoms. The highest BCUT2D eigenvalue weighted by molar-refractivity contribution is 9.10. The molecule has 2 nitrogen and oxygen atoms in total. The summed E-state index contributed by atoms with van der Waals surface area (Å²) in [5.41, 5.74) is 0. The van der Waals surface area contributed by atoms with Crippen LogP contribution in [0.2, 0.25) is 0 Å². The zero-order chi connectivity index (χ0) is 14.5. The molecule has 2 rings (SSSR count). The molecular weight excluding hydrogens is 332 g/mol. The largest absolute Gasteiger partial charge is 0.313 e. The predicted molar refractivity (Wildman–Crippen MR) is 91.2 cm³/mol. The number of nitrogens with zero attached hydrogens (tertiary/aromatic N) is 1. The summed E-state index contributed by atoms with van der Waals surface area (Å²) in [5, 5.41) is 5.46. The Morgan fingerprint density at radius 2 is 2.20 bits per heavy atom. The van der Waals surface area contributed by atoms with Gasteiger partial charge in [-0.15, -0.1) is 11.8 Å². The van der Waals surface area contributed by atoms with Crippen molar-refractivity contribution in [3.8, 4) is 0 Å². The van der Waals surface area contributed by atoms with Gasteiger partial charge in [-0.25, -0.2) is 4.98 Å². The molecule has 0 amide bonds. The minimum absolute atomic E-state index is 0.630. The fourth-order valence-electron chi connectivity index (χ4n) is 2.98. The van der Waals surface area contributed by atoms with Gasteiger partial charge in [0.25, 0.3) is 0 Å². The van der Waals surface area contributed by atoms with Crippen LogP contribution in [0.3, 0.4) is 0 Å². The first-order valence-electron chi connectivity index (χ1n) is 7.61. The van der Waals surface area contributed by atoms with Crippen molar-refractivity contribution in [1.82, 2.24) is 10.3 Å². The van der Waals surface area contributed by atoms with E-state index >= 15 is 0 Å². The molecule has 1 heterocycles. The molecule has 112 valence electrons. The molecule has 0 spiro atoms. The number of hydrogen-bond donors (Lipinski definition) is 1. The summed E-state index contributed by atoms with van der Waals surface area (Å²) in [6.45, 7) is 7.98. The van der Waals surface area contributed by atoms with Gasteiger partial charge in [0.2, 0.25) is 0 Å². The lowest BCUT2D eigenvalue weighted by Gasteiger charge is -2.37.